The Morgan fingerprint density at radius 2 is 1.87 bits per heavy atom. The van der Waals surface area contributed by atoms with E-state index in [1.165, 1.54) is 0 Å². The molecule has 3 heteroatoms. The summed E-state index contributed by atoms with van der Waals surface area (Å²) in [5, 5.41) is 6.17. The van der Waals surface area contributed by atoms with Gasteiger partial charge in [0, 0.05) is 12.1 Å². The molecule has 0 aliphatic rings. The monoisotopic (exact) mass is 214 g/mol. The summed E-state index contributed by atoms with van der Waals surface area (Å²) in [6.07, 6.45) is 4.41. The first-order chi connectivity index (χ1) is 7.02. The molecule has 0 saturated carbocycles. The molecule has 0 aliphatic heterocycles. The number of unbranched alkanes of at least 4 members (excludes halogenated alkanes) is 1. The van der Waals surface area contributed by atoms with Crippen LogP contribution in [0.3, 0.4) is 0 Å². The molecule has 0 aromatic carbocycles. The van der Waals surface area contributed by atoms with E-state index in [2.05, 4.69) is 38.3 Å². The maximum absolute atomic E-state index is 11.4. The second-order valence-corrected chi connectivity index (χ2v) is 4.69. The Balaban J connectivity index is 3.60. The van der Waals surface area contributed by atoms with Crippen LogP contribution in [0.5, 0.6) is 0 Å². The zero-order valence-electron chi connectivity index (χ0n) is 10.7. The fourth-order valence-electron chi connectivity index (χ4n) is 1.50. The van der Waals surface area contributed by atoms with Gasteiger partial charge in [0.2, 0.25) is 5.91 Å². The van der Waals surface area contributed by atoms with Crippen molar-refractivity contribution in [3.63, 3.8) is 0 Å². The number of nitrogens with one attached hydrogen (secondary N) is 2. The number of hydrogen-bond acceptors (Lipinski definition) is 2. The van der Waals surface area contributed by atoms with Gasteiger partial charge in [-0.15, -0.1) is 0 Å². The van der Waals surface area contributed by atoms with E-state index in [4.69, 9.17) is 0 Å². The maximum Gasteiger partial charge on any atom is 0.233 e. The second-order valence-electron chi connectivity index (χ2n) is 4.69. The van der Waals surface area contributed by atoms with Crippen LogP contribution in [0.1, 0.15) is 53.4 Å². The number of hydrogen-bond donors (Lipinski definition) is 2. The summed E-state index contributed by atoms with van der Waals surface area (Å²) in [7, 11) is 0. The Kier molecular flexibility index (Phi) is 7.39. The van der Waals surface area contributed by atoms with E-state index < -0.39 is 0 Å². The van der Waals surface area contributed by atoms with Crippen LogP contribution in [0, 0.1) is 0 Å². The van der Waals surface area contributed by atoms with Crippen LogP contribution >= 0.6 is 0 Å². The Morgan fingerprint density at radius 1 is 1.20 bits per heavy atom. The van der Waals surface area contributed by atoms with Crippen molar-refractivity contribution >= 4 is 5.91 Å². The first-order valence-electron chi connectivity index (χ1n) is 6.03. The molecule has 0 aromatic heterocycles. The number of amides is 1. The first-order valence-corrected chi connectivity index (χ1v) is 6.03. The Hall–Kier alpha value is -0.570. The molecule has 0 bridgehead atoms. The third-order valence-corrected chi connectivity index (χ3v) is 2.45. The molecule has 0 heterocycles. The molecule has 0 aliphatic carbocycles. The Labute approximate surface area is 94.0 Å². The summed E-state index contributed by atoms with van der Waals surface area (Å²) in [4.78, 5) is 11.4. The van der Waals surface area contributed by atoms with E-state index >= 15 is 0 Å². The molecule has 0 unspecified atom stereocenters. The van der Waals surface area contributed by atoms with Gasteiger partial charge in [0.1, 0.15) is 0 Å². The zero-order valence-corrected chi connectivity index (χ0v) is 10.7. The van der Waals surface area contributed by atoms with E-state index in [0.29, 0.717) is 6.54 Å². The van der Waals surface area contributed by atoms with Crippen molar-refractivity contribution in [2.75, 3.05) is 13.1 Å². The molecule has 0 saturated heterocycles. The lowest BCUT2D eigenvalue weighted by molar-refractivity contribution is -0.120. The van der Waals surface area contributed by atoms with Crippen molar-refractivity contribution in [2.45, 2.75) is 58.9 Å². The molecule has 0 rings (SSSR count). The molecule has 0 spiro atoms. The molecule has 3 nitrogen and oxygen atoms in total. The number of carbonyl (C=O) groups excluding carboxylic acids is 1. The third-order valence-electron chi connectivity index (χ3n) is 2.45. The molecule has 90 valence electrons. The molecule has 0 atom stereocenters. The Bertz CT molecular complexity index is 178. The summed E-state index contributed by atoms with van der Waals surface area (Å²) in [5.74, 6) is 0.104. The van der Waals surface area contributed by atoms with Gasteiger partial charge < -0.3 is 10.6 Å². The molecular weight excluding hydrogens is 188 g/mol. The molecule has 1 amide bonds. The van der Waals surface area contributed by atoms with Crippen molar-refractivity contribution in [2.24, 2.45) is 0 Å². The summed E-state index contributed by atoms with van der Waals surface area (Å²) in [5.41, 5.74) is 0.0663. The van der Waals surface area contributed by atoms with Gasteiger partial charge in [0.05, 0.1) is 6.54 Å². The fourth-order valence-corrected chi connectivity index (χ4v) is 1.50. The van der Waals surface area contributed by atoms with Crippen molar-refractivity contribution in [3.05, 3.63) is 0 Å². The van der Waals surface area contributed by atoms with E-state index in [1.54, 1.807) is 0 Å². The quantitative estimate of drug-likeness (QED) is 0.607. The second kappa shape index (κ2) is 7.69. The lowest BCUT2D eigenvalue weighted by Crippen LogP contribution is -2.45. The highest BCUT2D eigenvalue weighted by molar-refractivity contribution is 5.78. The van der Waals surface area contributed by atoms with E-state index in [1.807, 2.05) is 0 Å². The maximum atomic E-state index is 11.4. The topological polar surface area (TPSA) is 41.1 Å². The van der Waals surface area contributed by atoms with Crippen molar-refractivity contribution in [3.8, 4) is 0 Å². The van der Waals surface area contributed by atoms with E-state index in [-0.39, 0.29) is 11.4 Å². The van der Waals surface area contributed by atoms with Crippen molar-refractivity contribution in [1.82, 2.24) is 10.6 Å². The van der Waals surface area contributed by atoms with Gasteiger partial charge in [0.25, 0.3) is 0 Å². The van der Waals surface area contributed by atoms with Gasteiger partial charge in [-0.05, 0) is 26.7 Å². The van der Waals surface area contributed by atoms with Gasteiger partial charge in [-0.3, -0.25) is 4.79 Å². The van der Waals surface area contributed by atoms with Crippen LogP contribution in [-0.2, 0) is 4.79 Å². The summed E-state index contributed by atoms with van der Waals surface area (Å²) in [6.45, 7) is 9.77. The van der Waals surface area contributed by atoms with Crippen LogP contribution < -0.4 is 10.6 Å². The average Bonchev–Trinajstić information content (AvgIpc) is 2.15. The highest BCUT2D eigenvalue weighted by Crippen LogP contribution is 2.09. The zero-order chi connectivity index (χ0) is 11.7. The highest BCUT2D eigenvalue weighted by atomic mass is 16.1. The van der Waals surface area contributed by atoms with E-state index in [0.717, 1.165) is 32.2 Å². The standard InChI is InChI=1S/C12H26N2O/c1-5-7-9-13-11(15)10-14-12(3,4)8-6-2/h14H,5-10H2,1-4H3,(H,13,15). The van der Waals surface area contributed by atoms with Crippen LogP contribution in [0.25, 0.3) is 0 Å². The molecule has 0 aromatic rings. The number of carbonyl (C=O) groups is 1. The molecular formula is C12H26N2O. The molecule has 15 heavy (non-hydrogen) atoms. The van der Waals surface area contributed by atoms with E-state index in [9.17, 15) is 4.79 Å². The molecule has 0 fully saturated rings. The largest absolute Gasteiger partial charge is 0.355 e. The smallest absolute Gasteiger partial charge is 0.233 e. The minimum absolute atomic E-state index is 0.0663. The van der Waals surface area contributed by atoms with Gasteiger partial charge in [-0.2, -0.15) is 0 Å². The summed E-state index contributed by atoms with van der Waals surface area (Å²) >= 11 is 0. The first kappa shape index (κ1) is 14.4. The van der Waals surface area contributed by atoms with Crippen LogP contribution in [-0.4, -0.2) is 24.5 Å². The van der Waals surface area contributed by atoms with Crippen LogP contribution in [0.2, 0.25) is 0 Å². The normalized spacial score (nSPS) is 11.5. The number of rotatable bonds is 8. The van der Waals surface area contributed by atoms with Gasteiger partial charge >= 0.3 is 0 Å². The predicted molar refractivity (Wildman–Crippen MR) is 64.9 cm³/mol. The lowest BCUT2D eigenvalue weighted by atomic mass is 9.99. The third kappa shape index (κ3) is 8.43. The SMILES string of the molecule is CCCCNC(=O)CNC(C)(C)CCC. The molecule has 2 N–H and O–H groups in total. The predicted octanol–water partition coefficient (Wildman–Crippen LogP) is 2.07. The summed E-state index contributed by atoms with van der Waals surface area (Å²) in [6, 6.07) is 0. The van der Waals surface area contributed by atoms with Crippen molar-refractivity contribution in [1.29, 1.82) is 0 Å². The average molecular weight is 214 g/mol. The Morgan fingerprint density at radius 3 is 2.40 bits per heavy atom. The van der Waals surface area contributed by atoms with Gasteiger partial charge in [-0.25, -0.2) is 0 Å². The highest BCUT2D eigenvalue weighted by Gasteiger charge is 2.16. The van der Waals surface area contributed by atoms with Crippen LogP contribution in [0.4, 0.5) is 0 Å². The minimum atomic E-state index is 0.0663. The van der Waals surface area contributed by atoms with Crippen LogP contribution in [0.15, 0.2) is 0 Å². The molecule has 0 radical (unpaired) electrons. The van der Waals surface area contributed by atoms with Crippen molar-refractivity contribution < 1.29 is 4.79 Å². The fraction of sp³-hybridized carbons (Fsp3) is 0.917. The summed E-state index contributed by atoms with van der Waals surface area (Å²) < 4.78 is 0. The minimum Gasteiger partial charge on any atom is -0.355 e. The lowest BCUT2D eigenvalue weighted by Gasteiger charge is -2.25. The van der Waals surface area contributed by atoms with Gasteiger partial charge in [0.15, 0.2) is 0 Å². The van der Waals surface area contributed by atoms with Gasteiger partial charge in [-0.1, -0.05) is 26.7 Å².